The molecule has 3 rings (SSSR count). The number of aliphatic hydroxyl groups excluding tert-OH is 1. The minimum absolute atomic E-state index is 0.0831. The van der Waals surface area contributed by atoms with E-state index < -0.39 is 60.7 Å². The molecule has 44 heavy (non-hydrogen) atoms. The summed E-state index contributed by atoms with van der Waals surface area (Å²) in [5.74, 6) is -0.497. The molecule has 0 saturated carbocycles. The van der Waals surface area contributed by atoms with Crippen molar-refractivity contribution in [1.82, 2.24) is 24.6 Å². The normalized spacial score (nSPS) is 22.2. The number of anilines is 1. The van der Waals surface area contributed by atoms with Crippen LogP contribution in [0, 0.1) is 5.41 Å². The third-order valence-corrected chi connectivity index (χ3v) is 9.76. The molecule has 0 unspecified atom stereocenters. The van der Waals surface area contributed by atoms with Crippen molar-refractivity contribution in [3.63, 3.8) is 0 Å². The first kappa shape index (κ1) is 36.7. The third kappa shape index (κ3) is 8.95. The Balaban J connectivity index is 1.78. The highest BCUT2D eigenvalue weighted by molar-refractivity contribution is 8.13. The zero-order valence-electron chi connectivity index (χ0n) is 25.5. The van der Waals surface area contributed by atoms with Crippen molar-refractivity contribution in [2.45, 2.75) is 83.4 Å². The minimum Gasteiger partial charge on any atom is -0.476 e. The van der Waals surface area contributed by atoms with Crippen molar-refractivity contribution in [3.8, 4) is 5.88 Å². The fraction of sp³-hybridized carbons (Fsp3) is 0.720. The number of aliphatic hydroxyl groups is 1. The molecule has 2 aromatic heterocycles. The van der Waals surface area contributed by atoms with Crippen LogP contribution in [-0.4, -0.2) is 90.0 Å². The fourth-order valence-corrected chi connectivity index (χ4v) is 6.82. The number of fused-ring (bicyclic) bond motifs is 1. The van der Waals surface area contributed by atoms with Crippen LogP contribution in [0.2, 0.25) is 0 Å². The lowest BCUT2D eigenvalue weighted by Crippen LogP contribution is -2.39. The second-order valence-electron chi connectivity index (χ2n) is 11.1. The van der Waals surface area contributed by atoms with Gasteiger partial charge in [0, 0.05) is 11.2 Å². The number of aromatic nitrogens is 4. The Morgan fingerprint density at radius 1 is 1.27 bits per heavy atom. The Bertz CT molecular complexity index is 1380. The number of carbonyl (C=O) groups excluding carboxylic acids is 2. The number of hydrogen-bond donors (Lipinski definition) is 3. The van der Waals surface area contributed by atoms with E-state index in [9.17, 15) is 19.3 Å². The molecule has 0 spiro atoms. The van der Waals surface area contributed by atoms with E-state index in [0.29, 0.717) is 6.61 Å². The molecule has 0 radical (unpaired) electrons. The largest absolute Gasteiger partial charge is 0.476 e. The van der Waals surface area contributed by atoms with Crippen LogP contribution in [0.5, 0.6) is 5.88 Å². The fourth-order valence-electron chi connectivity index (χ4n) is 3.84. The number of alkyl halides is 2. The summed E-state index contributed by atoms with van der Waals surface area (Å²) in [6, 6.07) is -1.10. The van der Waals surface area contributed by atoms with Crippen molar-refractivity contribution in [3.05, 3.63) is 6.33 Å². The zero-order valence-corrected chi connectivity index (χ0v) is 28.7. The van der Waals surface area contributed by atoms with Gasteiger partial charge >= 0.3 is 13.7 Å². The Morgan fingerprint density at radius 2 is 1.95 bits per heavy atom. The molecule has 2 aromatic rings. The molecule has 1 fully saturated rings. The van der Waals surface area contributed by atoms with Crippen molar-refractivity contribution >= 4 is 70.9 Å². The minimum atomic E-state index is -4.26. The number of imidazole rings is 1. The van der Waals surface area contributed by atoms with Gasteiger partial charge in [0.05, 0.1) is 32.3 Å². The highest BCUT2D eigenvalue weighted by Crippen LogP contribution is 2.50. The van der Waals surface area contributed by atoms with Crippen LogP contribution in [0.25, 0.3) is 11.2 Å². The molecule has 248 valence electrons. The molecule has 0 amide bonds. The van der Waals surface area contributed by atoms with Crippen molar-refractivity contribution in [2.75, 3.05) is 31.3 Å². The molecule has 4 N–H and O–H groups in total. The maximum absolute atomic E-state index is 13.8. The monoisotopic (exact) mass is 700 g/mol. The third-order valence-electron chi connectivity index (χ3n) is 5.98. The Morgan fingerprint density at radius 3 is 2.57 bits per heavy atom. The first-order chi connectivity index (χ1) is 20.4. The number of thioether (sulfide) groups is 1. The predicted molar refractivity (Wildman–Crippen MR) is 166 cm³/mol. The Hall–Kier alpha value is -1.75. The lowest BCUT2D eigenvalue weighted by atomic mass is 10.00. The molecule has 1 aliphatic rings. The maximum atomic E-state index is 13.8. The van der Waals surface area contributed by atoms with Crippen molar-refractivity contribution in [2.24, 2.45) is 5.41 Å². The molecule has 0 aromatic carbocycles. The van der Waals surface area contributed by atoms with Gasteiger partial charge in [-0.05, 0) is 27.7 Å². The van der Waals surface area contributed by atoms with E-state index in [-0.39, 0.29) is 40.5 Å². The average molecular weight is 702 g/mol. The summed E-state index contributed by atoms with van der Waals surface area (Å²) in [6.07, 6.45) is -3.13. The topological polar surface area (TPSA) is 199 Å². The number of nitrogen functional groups attached to an aromatic ring is 1. The van der Waals surface area contributed by atoms with Gasteiger partial charge in [0.1, 0.15) is 18.2 Å². The molecule has 15 nitrogen and oxygen atoms in total. The van der Waals surface area contributed by atoms with Crippen LogP contribution in [0.15, 0.2) is 6.33 Å². The number of nitrogens with one attached hydrogen (secondary N) is 1. The van der Waals surface area contributed by atoms with Crippen LogP contribution >= 0.6 is 42.7 Å². The first-order valence-corrected chi connectivity index (χ1v) is 17.1. The SMILES string of the molecule is CCOc1nc(N)nc2c1ncn2[C@@H]1O[C@H](CO[P@](=O)(N[C@@H](C)C(=O)OC(C)C)OCCSC(=O)C(C)(C)C)[C@@H](O)C1(Cl)Cl. The molecule has 1 aliphatic heterocycles. The van der Waals surface area contributed by atoms with Crippen LogP contribution < -0.4 is 15.6 Å². The summed E-state index contributed by atoms with van der Waals surface area (Å²) in [6.45, 7) is 11.5. The first-order valence-electron chi connectivity index (χ1n) is 13.8. The highest BCUT2D eigenvalue weighted by atomic mass is 35.5. The number of ether oxygens (including phenoxy) is 3. The smallest absolute Gasteiger partial charge is 0.406 e. The van der Waals surface area contributed by atoms with Crippen molar-refractivity contribution < 1.29 is 42.5 Å². The second kappa shape index (κ2) is 14.8. The predicted octanol–water partition coefficient (Wildman–Crippen LogP) is 3.62. The number of rotatable bonds is 14. The lowest BCUT2D eigenvalue weighted by Gasteiger charge is -2.25. The standard InChI is InChI=1S/C25H39Cl2N6O9PS/c1-8-38-19-16-18(30-23(28)31-19)33(12-29-16)21-25(26,27)17(34)15(42-21)11-40-43(37,32-14(4)20(35)41-13(2)3)39-9-10-44-22(36)24(5,6)7/h12-15,17,21,34H,8-11H2,1-7H3,(H,32,37)(H2,28,30,31)/t14-,15+,17+,21+,43-/m0/s1. The second-order valence-corrected chi connectivity index (χ2v) is 15.4. The van der Waals surface area contributed by atoms with Gasteiger partial charge in [0.15, 0.2) is 26.8 Å². The number of esters is 1. The number of carbonyl (C=O) groups is 2. The van der Waals surface area contributed by atoms with Gasteiger partial charge in [0.25, 0.3) is 0 Å². The molecule has 1 saturated heterocycles. The van der Waals surface area contributed by atoms with Gasteiger partial charge in [0.2, 0.25) is 11.8 Å². The molecule has 3 heterocycles. The van der Waals surface area contributed by atoms with Gasteiger partial charge in [-0.1, -0.05) is 55.7 Å². The van der Waals surface area contributed by atoms with E-state index in [1.807, 2.05) is 0 Å². The van der Waals surface area contributed by atoms with Gasteiger partial charge < -0.3 is 25.1 Å². The Kier molecular flexibility index (Phi) is 12.3. The molecular formula is C25H39Cl2N6O9PS. The van der Waals surface area contributed by atoms with Gasteiger partial charge in [-0.3, -0.25) is 23.2 Å². The average Bonchev–Trinajstić information content (AvgIpc) is 3.42. The number of hydrogen-bond acceptors (Lipinski definition) is 14. The summed E-state index contributed by atoms with van der Waals surface area (Å²) in [7, 11) is -4.26. The van der Waals surface area contributed by atoms with E-state index in [2.05, 4.69) is 20.0 Å². The van der Waals surface area contributed by atoms with E-state index in [1.165, 1.54) is 17.8 Å². The van der Waals surface area contributed by atoms with Gasteiger partial charge in [-0.25, -0.2) is 14.6 Å². The van der Waals surface area contributed by atoms with Crippen LogP contribution in [-0.2, 0) is 32.7 Å². The van der Waals surface area contributed by atoms with Crippen LogP contribution in [0.3, 0.4) is 0 Å². The van der Waals surface area contributed by atoms with Crippen LogP contribution in [0.1, 0.15) is 54.7 Å². The van der Waals surface area contributed by atoms with Crippen LogP contribution in [0.4, 0.5) is 5.95 Å². The van der Waals surface area contributed by atoms with Gasteiger partial charge in [-0.15, -0.1) is 0 Å². The van der Waals surface area contributed by atoms with E-state index in [4.69, 9.17) is 52.2 Å². The number of halogens is 2. The van der Waals surface area contributed by atoms with E-state index >= 15 is 0 Å². The molecule has 0 aliphatic carbocycles. The summed E-state index contributed by atoms with van der Waals surface area (Å²) >= 11 is 14.2. The highest BCUT2D eigenvalue weighted by Gasteiger charge is 2.56. The number of nitrogens with two attached hydrogens (primary N) is 1. The molecular weight excluding hydrogens is 662 g/mol. The van der Waals surface area contributed by atoms with E-state index in [0.717, 1.165) is 11.8 Å². The number of nitrogens with zero attached hydrogens (tertiary/aromatic N) is 4. The molecule has 5 atom stereocenters. The summed E-state index contributed by atoms with van der Waals surface area (Å²) < 4.78 is 41.0. The maximum Gasteiger partial charge on any atom is 0.406 e. The summed E-state index contributed by atoms with van der Waals surface area (Å²) in [5.41, 5.74) is 5.71. The summed E-state index contributed by atoms with van der Waals surface area (Å²) in [4.78, 5) is 37.2. The molecule has 0 bridgehead atoms. The molecule has 19 heteroatoms. The lowest BCUT2D eigenvalue weighted by molar-refractivity contribution is -0.149. The summed E-state index contributed by atoms with van der Waals surface area (Å²) in [5, 5.41) is 13.5. The van der Waals surface area contributed by atoms with E-state index in [1.54, 1.807) is 41.5 Å². The quantitative estimate of drug-likeness (QED) is 0.112. The van der Waals surface area contributed by atoms with Gasteiger partial charge in [-0.2, -0.15) is 9.97 Å². The zero-order chi connectivity index (χ0) is 33.0. The van der Waals surface area contributed by atoms with Crippen molar-refractivity contribution in [1.29, 1.82) is 0 Å². The Labute approximate surface area is 269 Å².